The highest BCUT2D eigenvalue weighted by molar-refractivity contribution is 5.61. The van der Waals surface area contributed by atoms with Crippen molar-refractivity contribution in [2.45, 2.75) is 0 Å². The number of hydrogen-bond acceptors (Lipinski definition) is 6. The Morgan fingerprint density at radius 3 is 2.00 bits per heavy atom. The van der Waals surface area contributed by atoms with Crippen molar-refractivity contribution >= 4 is 17.6 Å². The van der Waals surface area contributed by atoms with Crippen molar-refractivity contribution in [3.8, 4) is 11.4 Å². The summed E-state index contributed by atoms with van der Waals surface area (Å²) in [5.41, 5.74) is 7.76. The van der Waals surface area contributed by atoms with Crippen LogP contribution < -0.4 is 15.5 Å². The minimum Gasteiger partial charge on any atom is -0.378 e. The fourth-order valence-electron chi connectivity index (χ4n) is 1.62. The number of nitrogens with two attached hydrogens (primary N) is 1. The van der Waals surface area contributed by atoms with Crippen molar-refractivity contribution in [3.63, 3.8) is 0 Å². The molecule has 100 valence electrons. The van der Waals surface area contributed by atoms with E-state index in [9.17, 15) is 0 Å². The number of anilines is 3. The van der Waals surface area contributed by atoms with Crippen LogP contribution in [0.3, 0.4) is 0 Å². The van der Waals surface area contributed by atoms with E-state index in [0.29, 0.717) is 11.8 Å². The van der Waals surface area contributed by atoms with Crippen LogP contribution in [0.25, 0.3) is 11.4 Å². The topological polar surface area (TPSA) is 71.2 Å². The molecule has 0 aliphatic carbocycles. The van der Waals surface area contributed by atoms with Gasteiger partial charge in [0.2, 0.25) is 11.9 Å². The van der Waals surface area contributed by atoms with Crippen molar-refractivity contribution in [2.75, 3.05) is 43.7 Å². The molecule has 0 radical (unpaired) electrons. The molecular formula is C13H18N6. The molecule has 0 saturated heterocycles. The molecule has 0 atom stereocenters. The monoisotopic (exact) mass is 258 g/mol. The molecule has 1 heterocycles. The summed E-state index contributed by atoms with van der Waals surface area (Å²) in [5, 5.41) is 0. The first-order chi connectivity index (χ1) is 8.97. The SMILES string of the molecule is CN(C)c1ccc(-c2nc(N)nc(N(C)C)n2)cc1. The van der Waals surface area contributed by atoms with Gasteiger partial charge in [0.15, 0.2) is 5.82 Å². The third-order valence-electron chi connectivity index (χ3n) is 2.68. The molecule has 0 aliphatic heterocycles. The van der Waals surface area contributed by atoms with Crippen LogP contribution in [-0.2, 0) is 0 Å². The molecule has 0 aliphatic rings. The van der Waals surface area contributed by atoms with Crippen LogP contribution in [0.1, 0.15) is 0 Å². The summed E-state index contributed by atoms with van der Waals surface area (Å²) in [7, 11) is 7.74. The number of aromatic nitrogens is 3. The van der Waals surface area contributed by atoms with Crippen molar-refractivity contribution in [3.05, 3.63) is 24.3 Å². The lowest BCUT2D eigenvalue weighted by atomic mass is 10.2. The Morgan fingerprint density at radius 1 is 0.842 bits per heavy atom. The van der Waals surface area contributed by atoms with Gasteiger partial charge in [-0.15, -0.1) is 0 Å². The first kappa shape index (κ1) is 13.1. The molecule has 0 fully saturated rings. The van der Waals surface area contributed by atoms with Gasteiger partial charge >= 0.3 is 0 Å². The summed E-state index contributed by atoms with van der Waals surface area (Å²) in [6, 6.07) is 7.99. The van der Waals surface area contributed by atoms with E-state index < -0.39 is 0 Å². The Bertz CT molecular complexity index is 562. The molecule has 0 spiro atoms. The molecule has 0 amide bonds. The van der Waals surface area contributed by atoms with E-state index in [1.54, 1.807) is 4.90 Å². The van der Waals surface area contributed by atoms with Crippen LogP contribution in [0.4, 0.5) is 17.6 Å². The Morgan fingerprint density at radius 2 is 1.47 bits per heavy atom. The number of benzene rings is 1. The zero-order valence-electron chi connectivity index (χ0n) is 11.6. The predicted molar refractivity (Wildman–Crippen MR) is 78.3 cm³/mol. The van der Waals surface area contributed by atoms with Gasteiger partial charge in [-0.25, -0.2) is 0 Å². The van der Waals surface area contributed by atoms with Crippen LogP contribution >= 0.6 is 0 Å². The maximum absolute atomic E-state index is 5.72. The van der Waals surface area contributed by atoms with Crippen LogP contribution in [-0.4, -0.2) is 43.1 Å². The minimum atomic E-state index is 0.227. The molecule has 0 saturated carbocycles. The van der Waals surface area contributed by atoms with Crippen molar-refractivity contribution in [1.29, 1.82) is 0 Å². The molecule has 6 nitrogen and oxygen atoms in total. The molecule has 1 aromatic heterocycles. The van der Waals surface area contributed by atoms with Gasteiger partial charge in [0.05, 0.1) is 0 Å². The Balaban J connectivity index is 2.41. The van der Waals surface area contributed by atoms with Gasteiger partial charge in [0.25, 0.3) is 0 Å². The van der Waals surface area contributed by atoms with Crippen LogP contribution in [0.5, 0.6) is 0 Å². The zero-order chi connectivity index (χ0) is 14.0. The van der Waals surface area contributed by atoms with Gasteiger partial charge in [0, 0.05) is 39.4 Å². The van der Waals surface area contributed by atoms with E-state index in [4.69, 9.17) is 5.73 Å². The Hall–Kier alpha value is -2.37. The minimum absolute atomic E-state index is 0.227. The standard InChI is InChI=1S/C13H18N6/c1-18(2)10-7-5-9(6-8-10)11-15-12(14)17-13(16-11)19(3)4/h5-8H,1-4H3,(H2,14,15,16,17). The number of rotatable bonds is 3. The summed E-state index contributed by atoms with van der Waals surface area (Å²) in [6.07, 6.45) is 0. The van der Waals surface area contributed by atoms with Crippen LogP contribution in [0.2, 0.25) is 0 Å². The smallest absolute Gasteiger partial charge is 0.230 e. The highest BCUT2D eigenvalue weighted by Crippen LogP contribution is 2.21. The average molecular weight is 258 g/mol. The summed E-state index contributed by atoms with van der Waals surface area (Å²) in [5.74, 6) is 1.37. The van der Waals surface area contributed by atoms with E-state index >= 15 is 0 Å². The van der Waals surface area contributed by atoms with Gasteiger partial charge in [-0.3, -0.25) is 0 Å². The van der Waals surface area contributed by atoms with E-state index in [1.165, 1.54) is 0 Å². The second-order valence-electron chi connectivity index (χ2n) is 4.65. The maximum Gasteiger partial charge on any atom is 0.230 e. The van der Waals surface area contributed by atoms with Gasteiger partial charge in [0.1, 0.15) is 0 Å². The number of nitrogen functional groups attached to an aromatic ring is 1. The lowest BCUT2D eigenvalue weighted by Gasteiger charge is -2.13. The van der Waals surface area contributed by atoms with Gasteiger partial charge in [-0.2, -0.15) is 15.0 Å². The fraction of sp³-hybridized carbons (Fsp3) is 0.308. The third kappa shape index (κ3) is 2.90. The second kappa shape index (κ2) is 5.09. The number of hydrogen-bond donors (Lipinski definition) is 1. The molecule has 19 heavy (non-hydrogen) atoms. The summed E-state index contributed by atoms with van der Waals surface area (Å²) >= 11 is 0. The van der Waals surface area contributed by atoms with E-state index in [0.717, 1.165) is 11.3 Å². The van der Waals surface area contributed by atoms with Gasteiger partial charge in [-0.1, -0.05) is 0 Å². The second-order valence-corrected chi connectivity index (χ2v) is 4.65. The van der Waals surface area contributed by atoms with E-state index in [1.807, 2.05) is 57.4 Å². The number of nitrogens with zero attached hydrogens (tertiary/aromatic N) is 5. The highest BCUT2D eigenvalue weighted by atomic mass is 15.3. The quantitative estimate of drug-likeness (QED) is 0.893. The average Bonchev–Trinajstić information content (AvgIpc) is 2.38. The first-order valence-corrected chi connectivity index (χ1v) is 5.94. The summed E-state index contributed by atoms with van der Waals surface area (Å²) in [4.78, 5) is 16.5. The molecule has 6 heteroatoms. The molecule has 1 aromatic carbocycles. The first-order valence-electron chi connectivity index (χ1n) is 5.94. The normalized spacial score (nSPS) is 10.3. The Labute approximate surface area is 112 Å². The van der Waals surface area contributed by atoms with E-state index in [-0.39, 0.29) is 5.95 Å². The lowest BCUT2D eigenvalue weighted by molar-refractivity contribution is 0.970. The molecule has 2 aromatic rings. The van der Waals surface area contributed by atoms with Gasteiger partial charge in [-0.05, 0) is 24.3 Å². The largest absolute Gasteiger partial charge is 0.378 e. The van der Waals surface area contributed by atoms with E-state index in [2.05, 4.69) is 15.0 Å². The Kier molecular flexibility index (Phi) is 3.50. The molecule has 0 bridgehead atoms. The molecule has 2 N–H and O–H groups in total. The third-order valence-corrected chi connectivity index (χ3v) is 2.68. The zero-order valence-corrected chi connectivity index (χ0v) is 11.6. The van der Waals surface area contributed by atoms with Crippen LogP contribution in [0.15, 0.2) is 24.3 Å². The predicted octanol–water partition coefficient (Wildman–Crippen LogP) is 1.25. The summed E-state index contributed by atoms with van der Waals surface area (Å²) < 4.78 is 0. The van der Waals surface area contributed by atoms with Gasteiger partial charge < -0.3 is 15.5 Å². The van der Waals surface area contributed by atoms with Crippen LogP contribution in [0, 0.1) is 0 Å². The highest BCUT2D eigenvalue weighted by Gasteiger charge is 2.08. The van der Waals surface area contributed by atoms with Crippen molar-refractivity contribution in [2.24, 2.45) is 0 Å². The lowest BCUT2D eigenvalue weighted by Crippen LogP contribution is -2.15. The van der Waals surface area contributed by atoms with Crippen molar-refractivity contribution in [1.82, 2.24) is 15.0 Å². The fourth-order valence-corrected chi connectivity index (χ4v) is 1.62. The molecular weight excluding hydrogens is 240 g/mol. The van der Waals surface area contributed by atoms with Crippen molar-refractivity contribution < 1.29 is 0 Å². The molecule has 0 unspecified atom stereocenters. The molecule has 2 rings (SSSR count). The maximum atomic E-state index is 5.72. The summed E-state index contributed by atoms with van der Waals surface area (Å²) in [6.45, 7) is 0.